The smallest absolute Gasteiger partial charge is 0.147 e. The number of furan rings is 1. The summed E-state index contributed by atoms with van der Waals surface area (Å²) in [4.78, 5) is 0. The predicted octanol–water partition coefficient (Wildman–Crippen LogP) is 4.26. The molecule has 2 N–H and O–H groups in total. The molecule has 0 saturated carbocycles. The van der Waals surface area contributed by atoms with Gasteiger partial charge in [0.2, 0.25) is 0 Å². The minimum Gasteiger partial charge on any atom is -0.484 e. The standard InChI is InChI=1S/C16H13ClFNO2/c17-13-7-10(18)5-6-15(13)20-9-16-12(8-19)11-3-1-2-4-14(11)21-16/h1-7H,8-9,19H2. The fourth-order valence-corrected chi connectivity index (χ4v) is 2.45. The minimum absolute atomic E-state index is 0.187. The molecule has 3 nitrogen and oxygen atoms in total. The molecule has 0 spiro atoms. The van der Waals surface area contributed by atoms with Gasteiger partial charge in [0, 0.05) is 17.5 Å². The molecule has 0 amide bonds. The highest BCUT2D eigenvalue weighted by Crippen LogP contribution is 2.29. The zero-order chi connectivity index (χ0) is 14.8. The highest BCUT2D eigenvalue weighted by molar-refractivity contribution is 6.32. The average Bonchev–Trinajstić information content (AvgIpc) is 2.83. The van der Waals surface area contributed by atoms with E-state index in [0.29, 0.717) is 18.1 Å². The van der Waals surface area contributed by atoms with Gasteiger partial charge in [-0.15, -0.1) is 0 Å². The van der Waals surface area contributed by atoms with Gasteiger partial charge in [-0.25, -0.2) is 4.39 Å². The Morgan fingerprint density at radius 2 is 2.00 bits per heavy atom. The van der Waals surface area contributed by atoms with Crippen LogP contribution in [0.25, 0.3) is 11.0 Å². The van der Waals surface area contributed by atoms with Crippen LogP contribution >= 0.6 is 11.6 Å². The van der Waals surface area contributed by atoms with Gasteiger partial charge in [-0.2, -0.15) is 0 Å². The summed E-state index contributed by atoms with van der Waals surface area (Å²) < 4.78 is 24.3. The number of hydrogen-bond donors (Lipinski definition) is 1. The van der Waals surface area contributed by atoms with E-state index in [1.54, 1.807) is 0 Å². The largest absolute Gasteiger partial charge is 0.484 e. The second kappa shape index (κ2) is 5.76. The van der Waals surface area contributed by atoms with Crippen molar-refractivity contribution < 1.29 is 13.5 Å². The number of benzene rings is 2. The summed E-state index contributed by atoms with van der Waals surface area (Å²) in [5.74, 6) is 0.652. The number of hydrogen-bond acceptors (Lipinski definition) is 3. The third-order valence-corrected chi connectivity index (χ3v) is 3.53. The quantitative estimate of drug-likeness (QED) is 0.783. The topological polar surface area (TPSA) is 48.4 Å². The molecule has 1 aromatic heterocycles. The van der Waals surface area contributed by atoms with E-state index in [4.69, 9.17) is 26.5 Å². The Morgan fingerprint density at radius 1 is 1.19 bits per heavy atom. The molecule has 0 saturated heterocycles. The molecule has 0 atom stereocenters. The predicted molar refractivity (Wildman–Crippen MR) is 79.8 cm³/mol. The summed E-state index contributed by atoms with van der Waals surface area (Å²) in [6.07, 6.45) is 0. The zero-order valence-electron chi connectivity index (χ0n) is 11.1. The maximum atomic E-state index is 13.0. The number of nitrogens with two attached hydrogens (primary N) is 1. The van der Waals surface area contributed by atoms with Gasteiger partial charge in [-0.05, 0) is 24.3 Å². The van der Waals surface area contributed by atoms with E-state index >= 15 is 0 Å². The average molecular weight is 306 g/mol. The third kappa shape index (κ3) is 2.73. The lowest BCUT2D eigenvalue weighted by molar-refractivity contribution is 0.272. The molecule has 1 heterocycles. The van der Waals surface area contributed by atoms with Crippen molar-refractivity contribution in [2.45, 2.75) is 13.2 Å². The minimum atomic E-state index is -0.404. The number of para-hydroxylation sites is 1. The number of halogens is 2. The molecule has 0 aliphatic heterocycles. The van der Waals surface area contributed by atoms with Gasteiger partial charge in [0.1, 0.15) is 29.5 Å². The SMILES string of the molecule is NCc1c(COc2ccc(F)cc2Cl)oc2ccccc12. The van der Waals surface area contributed by atoms with E-state index in [1.807, 2.05) is 24.3 Å². The van der Waals surface area contributed by atoms with Crippen molar-refractivity contribution in [1.29, 1.82) is 0 Å². The molecular weight excluding hydrogens is 293 g/mol. The Labute approximate surface area is 126 Å². The Bertz CT molecular complexity index is 785. The zero-order valence-corrected chi connectivity index (χ0v) is 11.9. The molecular formula is C16H13ClFNO2. The molecule has 0 aliphatic rings. The van der Waals surface area contributed by atoms with Crippen molar-refractivity contribution in [2.75, 3.05) is 0 Å². The second-order valence-electron chi connectivity index (χ2n) is 4.57. The first-order valence-corrected chi connectivity index (χ1v) is 6.84. The molecule has 108 valence electrons. The van der Waals surface area contributed by atoms with Crippen molar-refractivity contribution in [1.82, 2.24) is 0 Å². The van der Waals surface area contributed by atoms with E-state index in [1.165, 1.54) is 18.2 Å². The van der Waals surface area contributed by atoms with Gasteiger partial charge in [0.05, 0.1) is 5.02 Å². The number of rotatable bonds is 4. The lowest BCUT2D eigenvalue weighted by Gasteiger charge is -2.07. The van der Waals surface area contributed by atoms with Gasteiger partial charge in [0.15, 0.2) is 0 Å². The summed E-state index contributed by atoms with van der Waals surface area (Å²) in [6, 6.07) is 11.6. The highest BCUT2D eigenvalue weighted by atomic mass is 35.5. The summed E-state index contributed by atoms with van der Waals surface area (Å²) in [6.45, 7) is 0.541. The molecule has 0 bridgehead atoms. The molecule has 21 heavy (non-hydrogen) atoms. The second-order valence-corrected chi connectivity index (χ2v) is 4.97. The number of ether oxygens (including phenoxy) is 1. The van der Waals surface area contributed by atoms with Crippen molar-refractivity contribution in [3.63, 3.8) is 0 Å². The molecule has 0 aliphatic carbocycles. The lowest BCUT2D eigenvalue weighted by Crippen LogP contribution is -2.02. The highest BCUT2D eigenvalue weighted by Gasteiger charge is 2.13. The first kappa shape index (κ1) is 13.9. The van der Waals surface area contributed by atoms with E-state index in [9.17, 15) is 4.39 Å². The van der Waals surface area contributed by atoms with Crippen LogP contribution in [0, 0.1) is 5.82 Å². The van der Waals surface area contributed by atoms with E-state index in [2.05, 4.69) is 0 Å². The Hall–Kier alpha value is -2.04. The van der Waals surface area contributed by atoms with Crippen molar-refractivity contribution in [3.05, 3.63) is 64.6 Å². The summed E-state index contributed by atoms with van der Waals surface area (Å²) in [5.41, 5.74) is 7.46. The summed E-state index contributed by atoms with van der Waals surface area (Å²) >= 11 is 5.93. The maximum absolute atomic E-state index is 13.0. The number of fused-ring (bicyclic) bond motifs is 1. The Balaban J connectivity index is 1.88. The van der Waals surface area contributed by atoms with Crippen LogP contribution in [0.3, 0.4) is 0 Å². The van der Waals surface area contributed by atoms with Crippen molar-refractivity contribution >= 4 is 22.6 Å². The monoisotopic (exact) mass is 305 g/mol. The van der Waals surface area contributed by atoms with Crippen LogP contribution in [-0.2, 0) is 13.2 Å². The Kier molecular flexibility index (Phi) is 3.82. The lowest BCUT2D eigenvalue weighted by atomic mass is 10.1. The van der Waals surface area contributed by atoms with Gasteiger partial charge >= 0.3 is 0 Å². The van der Waals surface area contributed by atoms with E-state index < -0.39 is 5.82 Å². The van der Waals surface area contributed by atoms with Gasteiger partial charge in [-0.1, -0.05) is 29.8 Å². The van der Waals surface area contributed by atoms with E-state index in [-0.39, 0.29) is 11.6 Å². The summed E-state index contributed by atoms with van der Waals surface area (Å²) in [7, 11) is 0. The molecule has 2 aromatic carbocycles. The molecule has 5 heteroatoms. The third-order valence-electron chi connectivity index (χ3n) is 3.24. The van der Waals surface area contributed by atoms with Crippen LogP contribution in [0.15, 0.2) is 46.9 Å². The van der Waals surface area contributed by atoms with Crippen LogP contribution in [0.1, 0.15) is 11.3 Å². The molecule has 3 aromatic rings. The summed E-state index contributed by atoms with van der Waals surface area (Å²) in [5, 5.41) is 1.20. The molecule has 0 fully saturated rings. The first-order valence-electron chi connectivity index (χ1n) is 6.46. The normalized spacial score (nSPS) is 11.0. The van der Waals surface area contributed by atoms with Crippen molar-refractivity contribution in [2.24, 2.45) is 5.73 Å². The van der Waals surface area contributed by atoms with Gasteiger partial charge in [-0.3, -0.25) is 0 Å². The van der Waals surface area contributed by atoms with Crippen LogP contribution in [0.4, 0.5) is 4.39 Å². The van der Waals surface area contributed by atoms with Crippen LogP contribution in [0.5, 0.6) is 5.75 Å². The maximum Gasteiger partial charge on any atom is 0.147 e. The van der Waals surface area contributed by atoms with Crippen LogP contribution in [0.2, 0.25) is 5.02 Å². The first-order chi connectivity index (χ1) is 10.2. The molecule has 0 radical (unpaired) electrons. The van der Waals surface area contributed by atoms with Crippen LogP contribution < -0.4 is 10.5 Å². The van der Waals surface area contributed by atoms with Crippen LogP contribution in [-0.4, -0.2) is 0 Å². The Morgan fingerprint density at radius 3 is 2.76 bits per heavy atom. The fraction of sp³-hybridized carbons (Fsp3) is 0.125. The van der Waals surface area contributed by atoms with Gasteiger partial charge in [0.25, 0.3) is 0 Å². The van der Waals surface area contributed by atoms with Gasteiger partial charge < -0.3 is 14.9 Å². The molecule has 0 unspecified atom stereocenters. The molecule has 3 rings (SSSR count). The fourth-order valence-electron chi connectivity index (χ4n) is 2.23. The van der Waals surface area contributed by atoms with Crippen molar-refractivity contribution in [3.8, 4) is 5.75 Å². The van der Waals surface area contributed by atoms with E-state index in [0.717, 1.165) is 16.5 Å².